The number of nitrogens with one attached hydrogen (secondary N) is 1. The summed E-state index contributed by atoms with van der Waals surface area (Å²) in [4.78, 5) is 4.46. The first-order valence-electron chi connectivity index (χ1n) is 6.51. The zero-order chi connectivity index (χ0) is 13.4. The average molecular weight is 312 g/mol. The van der Waals surface area contributed by atoms with Gasteiger partial charge in [-0.25, -0.2) is 9.99 Å². The van der Waals surface area contributed by atoms with E-state index >= 15 is 0 Å². The Morgan fingerprint density at radius 1 is 1.17 bits per heavy atom. The van der Waals surface area contributed by atoms with E-state index in [2.05, 4.69) is 59.0 Å². The van der Waals surface area contributed by atoms with Crippen molar-refractivity contribution >= 4 is 21.7 Å². The van der Waals surface area contributed by atoms with Crippen molar-refractivity contribution in [2.45, 2.75) is 58.0 Å². The fraction of sp³-hybridized carbons (Fsp3) is 0.643. The molecule has 0 saturated carbocycles. The van der Waals surface area contributed by atoms with Crippen LogP contribution in [0.5, 0.6) is 0 Å². The molecule has 3 nitrogen and oxygen atoms in total. The Morgan fingerprint density at radius 2 is 1.78 bits per heavy atom. The van der Waals surface area contributed by atoms with Crippen LogP contribution in [0, 0.1) is 0 Å². The lowest BCUT2D eigenvalue weighted by Gasteiger charge is -2.52. The zero-order valence-electron chi connectivity index (χ0n) is 11.6. The largest absolute Gasteiger partial charge is 0.302 e. The molecular formula is C14H22BrN3. The molecule has 0 aliphatic carbocycles. The number of piperidine rings is 1. The minimum absolute atomic E-state index is 0.145. The number of aromatic nitrogens is 1. The van der Waals surface area contributed by atoms with Gasteiger partial charge in [-0.05, 0) is 75.0 Å². The summed E-state index contributed by atoms with van der Waals surface area (Å²) in [6.45, 7) is 9.16. The van der Waals surface area contributed by atoms with Gasteiger partial charge in [0.05, 0.1) is 0 Å². The van der Waals surface area contributed by atoms with Gasteiger partial charge in [-0.3, -0.25) is 0 Å². The second kappa shape index (κ2) is 4.82. The Bertz CT molecular complexity index is 413. The molecular weight excluding hydrogens is 290 g/mol. The van der Waals surface area contributed by atoms with Crippen molar-refractivity contribution in [3.63, 3.8) is 0 Å². The van der Waals surface area contributed by atoms with Gasteiger partial charge in [-0.1, -0.05) is 6.07 Å². The zero-order valence-corrected chi connectivity index (χ0v) is 13.2. The number of rotatable bonds is 2. The molecule has 0 radical (unpaired) electrons. The average Bonchev–Trinajstić information content (AvgIpc) is 2.23. The van der Waals surface area contributed by atoms with Crippen molar-refractivity contribution < 1.29 is 0 Å². The molecule has 18 heavy (non-hydrogen) atoms. The summed E-state index contributed by atoms with van der Waals surface area (Å²) in [7, 11) is 0. The molecule has 0 unspecified atom stereocenters. The number of hydrogen-bond acceptors (Lipinski definition) is 3. The molecule has 0 spiro atoms. The van der Waals surface area contributed by atoms with Crippen molar-refractivity contribution in [3.05, 3.63) is 22.8 Å². The molecule has 1 N–H and O–H groups in total. The van der Waals surface area contributed by atoms with Crippen molar-refractivity contribution in [2.24, 2.45) is 0 Å². The lowest BCUT2D eigenvalue weighted by Crippen LogP contribution is -2.61. The van der Waals surface area contributed by atoms with Crippen LogP contribution in [-0.4, -0.2) is 21.1 Å². The van der Waals surface area contributed by atoms with Crippen LogP contribution >= 0.6 is 15.9 Å². The lowest BCUT2D eigenvalue weighted by molar-refractivity contribution is -0.00356. The van der Waals surface area contributed by atoms with E-state index in [0.29, 0.717) is 0 Å². The smallest absolute Gasteiger partial charge is 0.141 e. The monoisotopic (exact) mass is 311 g/mol. The standard InChI is InChI=1S/C14H22BrN3/c1-13(2)9-6-10-14(3,4)18(13)17-12-8-5-7-11(15)16-12/h5,7-8H,6,9-10H2,1-4H3,(H,16,17). The van der Waals surface area contributed by atoms with Crippen LogP contribution in [0.2, 0.25) is 0 Å². The van der Waals surface area contributed by atoms with Crippen molar-refractivity contribution in [2.75, 3.05) is 5.43 Å². The highest BCUT2D eigenvalue weighted by molar-refractivity contribution is 9.10. The van der Waals surface area contributed by atoms with Crippen LogP contribution in [0.15, 0.2) is 22.8 Å². The van der Waals surface area contributed by atoms with Crippen molar-refractivity contribution in [3.8, 4) is 0 Å². The number of hydrazine groups is 1. The highest BCUT2D eigenvalue weighted by atomic mass is 79.9. The summed E-state index contributed by atoms with van der Waals surface area (Å²) in [5.41, 5.74) is 3.78. The van der Waals surface area contributed by atoms with E-state index < -0.39 is 0 Å². The third kappa shape index (κ3) is 2.86. The normalized spacial score (nSPS) is 22.7. The van der Waals surface area contributed by atoms with Gasteiger partial charge in [0.25, 0.3) is 0 Å². The highest BCUT2D eigenvalue weighted by Gasteiger charge is 2.41. The van der Waals surface area contributed by atoms with Gasteiger partial charge in [0.2, 0.25) is 0 Å². The molecule has 1 fully saturated rings. The SMILES string of the molecule is CC1(C)CCCC(C)(C)N1Nc1cccc(Br)n1. The maximum atomic E-state index is 4.46. The first kappa shape index (κ1) is 13.8. The molecule has 4 heteroatoms. The molecule has 0 bridgehead atoms. The van der Waals surface area contributed by atoms with Gasteiger partial charge >= 0.3 is 0 Å². The van der Waals surface area contributed by atoms with Crippen LogP contribution in [0.25, 0.3) is 0 Å². The third-order valence-electron chi connectivity index (χ3n) is 3.73. The summed E-state index contributed by atoms with van der Waals surface area (Å²) in [5, 5.41) is 2.36. The summed E-state index contributed by atoms with van der Waals surface area (Å²) >= 11 is 3.41. The van der Waals surface area contributed by atoms with Crippen LogP contribution < -0.4 is 5.43 Å². The number of hydrogen-bond donors (Lipinski definition) is 1. The van der Waals surface area contributed by atoms with Gasteiger partial charge in [0, 0.05) is 11.1 Å². The molecule has 0 atom stereocenters. The van der Waals surface area contributed by atoms with E-state index in [4.69, 9.17) is 0 Å². The predicted octanol–water partition coefficient (Wildman–Crippen LogP) is 4.21. The Kier molecular flexibility index (Phi) is 3.70. The van der Waals surface area contributed by atoms with Gasteiger partial charge < -0.3 is 5.43 Å². The van der Waals surface area contributed by atoms with Gasteiger partial charge in [-0.2, -0.15) is 0 Å². The maximum Gasteiger partial charge on any atom is 0.141 e. The molecule has 1 aliphatic rings. The quantitative estimate of drug-likeness (QED) is 0.829. The lowest BCUT2D eigenvalue weighted by atomic mass is 9.81. The van der Waals surface area contributed by atoms with E-state index in [1.165, 1.54) is 19.3 Å². The molecule has 1 saturated heterocycles. The topological polar surface area (TPSA) is 28.2 Å². The molecule has 100 valence electrons. The second-order valence-corrected chi connectivity index (χ2v) is 7.08. The summed E-state index contributed by atoms with van der Waals surface area (Å²) in [5.74, 6) is 0.896. The Morgan fingerprint density at radius 3 is 2.33 bits per heavy atom. The second-order valence-electron chi connectivity index (χ2n) is 6.27. The van der Waals surface area contributed by atoms with E-state index in [-0.39, 0.29) is 11.1 Å². The first-order chi connectivity index (χ1) is 8.31. The van der Waals surface area contributed by atoms with Crippen LogP contribution in [-0.2, 0) is 0 Å². The van der Waals surface area contributed by atoms with E-state index in [1.54, 1.807) is 0 Å². The number of nitrogens with zero attached hydrogens (tertiary/aromatic N) is 2. The van der Waals surface area contributed by atoms with Crippen LogP contribution in [0.4, 0.5) is 5.82 Å². The highest BCUT2D eigenvalue weighted by Crippen LogP contribution is 2.37. The molecule has 1 aliphatic heterocycles. The molecule has 2 rings (SSSR count). The van der Waals surface area contributed by atoms with Gasteiger partial charge in [0.1, 0.15) is 10.4 Å². The van der Waals surface area contributed by atoms with Crippen LogP contribution in [0.3, 0.4) is 0 Å². The van der Waals surface area contributed by atoms with E-state index in [1.807, 2.05) is 18.2 Å². The number of anilines is 1. The van der Waals surface area contributed by atoms with Gasteiger partial charge in [-0.15, -0.1) is 0 Å². The Hall–Kier alpha value is -0.610. The first-order valence-corrected chi connectivity index (χ1v) is 7.30. The minimum Gasteiger partial charge on any atom is -0.302 e. The van der Waals surface area contributed by atoms with E-state index in [9.17, 15) is 0 Å². The Labute approximate surface area is 118 Å². The molecule has 0 aromatic carbocycles. The molecule has 0 amide bonds. The molecule has 1 aromatic rings. The maximum absolute atomic E-state index is 4.46. The molecule has 1 aromatic heterocycles. The van der Waals surface area contributed by atoms with Gasteiger partial charge in [0.15, 0.2) is 0 Å². The number of halogens is 1. The summed E-state index contributed by atoms with van der Waals surface area (Å²) in [6.07, 6.45) is 3.69. The fourth-order valence-corrected chi connectivity index (χ4v) is 3.23. The summed E-state index contributed by atoms with van der Waals surface area (Å²) < 4.78 is 0.861. The summed E-state index contributed by atoms with van der Waals surface area (Å²) in [6, 6.07) is 5.95. The Balaban J connectivity index is 2.24. The van der Waals surface area contributed by atoms with Crippen molar-refractivity contribution in [1.82, 2.24) is 9.99 Å². The molecule has 2 heterocycles. The predicted molar refractivity (Wildman–Crippen MR) is 79.4 cm³/mol. The van der Waals surface area contributed by atoms with E-state index in [0.717, 1.165) is 10.4 Å². The van der Waals surface area contributed by atoms with Crippen LogP contribution in [0.1, 0.15) is 47.0 Å². The van der Waals surface area contributed by atoms with Crippen molar-refractivity contribution in [1.29, 1.82) is 0 Å². The third-order valence-corrected chi connectivity index (χ3v) is 4.17. The minimum atomic E-state index is 0.145. The number of pyridine rings is 1. The fourth-order valence-electron chi connectivity index (χ4n) is 2.88.